The molecule has 1 aliphatic rings. The number of amides is 1. The smallest absolute Gasteiger partial charge is 0.251 e. The van der Waals surface area contributed by atoms with Crippen LogP contribution >= 0.6 is 0 Å². The molecule has 2 aromatic rings. The van der Waals surface area contributed by atoms with Gasteiger partial charge in [-0.1, -0.05) is 12.1 Å². The molecule has 1 N–H and O–H groups in total. The zero-order chi connectivity index (χ0) is 14.7. The maximum Gasteiger partial charge on any atom is 0.251 e. The monoisotopic (exact) mass is 287 g/mol. The van der Waals surface area contributed by atoms with Gasteiger partial charge in [-0.05, 0) is 42.3 Å². The van der Waals surface area contributed by atoms with Crippen molar-refractivity contribution in [3.63, 3.8) is 0 Å². The fraction of sp³-hybridized carbons (Fsp3) is 0.188. The number of carbonyl (C=O) groups excluding carboxylic acids is 1. The average molecular weight is 287 g/mol. The van der Waals surface area contributed by atoms with Crippen molar-refractivity contribution in [2.45, 2.75) is 6.42 Å². The Morgan fingerprint density at radius 2 is 1.86 bits per heavy atom. The average Bonchev–Trinajstić information content (AvgIpc) is 2.96. The van der Waals surface area contributed by atoms with Crippen LogP contribution in [-0.4, -0.2) is 19.2 Å². The molecule has 5 heteroatoms. The Kier molecular flexibility index (Phi) is 3.73. The summed E-state index contributed by atoms with van der Waals surface area (Å²) in [5.41, 5.74) is 1.50. The largest absolute Gasteiger partial charge is 0.454 e. The lowest BCUT2D eigenvalue weighted by molar-refractivity contribution is 0.0953. The van der Waals surface area contributed by atoms with E-state index in [0.29, 0.717) is 30.0 Å². The SMILES string of the molecule is O=C(NCCc1ccc(F)cc1)c1ccc2c(c1)OCO2. The summed E-state index contributed by atoms with van der Waals surface area (Å²) in [6.45, 7) is 0.671. The third kappa shape index (κ3) is 3.13. The van der Waals surface area contributed by atoms with Gasteiger partial charge in [-0.25, -0.2) is 4.39 Å². The zero-order valence-electron chi connectivity index (χ0n) is 11.3. The van der Waals surface area contributed by atoms with Gasteiger partial charge in [0, 0.05) is 12.1 Å². The van der Waals surface area contributed by atoms with E-state index in [4.69, 9.17) is 9.47 Å². The molecule has 0 aromatic heterocycles. The Balaban J connectivity index is 1.55. The lowest BCUT2D eigenvalue weighted by atomic mass is 10.1. The molecule has 0 aliphatic carbocycles. The molecule has 108 valence electrons. The maximum atomic E-state index is 12.8. The minimum Gasteiger partial charge on any atom is -0.454 e. The highest BCUT2D eigenvalue weighted by Gasteiger charge is 2.15. The van der Waals surface area contributed by atoms with Crippen LogP contribution in [0.2, 0.25) is 0 Å². The molecule has 0 atom stereocenters. The van der Waals surface area contributed by atoms with Gasteiger partial charge >= 0.3 is 0 Å². The van der Waals surface area contributed by atoms with E-state index in [2.05, 4.69) is 5.32 Å². The van der Waals surface area contributed by atoms with Crippen LogP contribution in [0.25, 0.3) is 0 Å². The van der Waals surface area contributed by atoms with E-state index < -0.39 is 0 Å². The number of nitrogens with one attached hydrogen (secondary N) is 1. The summed E-state index contributed by atoms with van der Waals surface area (Å²) in [5, 5.41) is 2.82. The summed E-state index contributed by atoms with van der Waals surface area (Å²) < 4.78 is 23.2. The van der Waals surface area contributed by atoms with Crippen LogP contribution in [0.1, 0.15) is 15.9 Å². The predicted octanol–water partition coefficient (Wildman–Crippen LogP) is 2.53. The van der Waals surface area contributed by atoms with E-state index in [1.165, 1.54) is 12.1 Å². The van der Waals surface area contributed by atoms with E-state index in [1.54, 1.807) is 30.3 Å². The van der Waals surface area contributed by atoms with Gasteiger partial charge in [0.2, 0.25) is 6.79 Å². The first-order valence-electron chi connectivity index (χ1n) is 6.65. The molecule has 0 saturated heterocycles. The molecule has 4 nitrogen and oxygen atoms in total. The third-order valence-corrected chi connectivity index (χ3v) is 3.25. The van der Waals surface area contributed by atoms with Gasteiger partial charge in [-0.2, -0.15) is 0 Å². The number of benzene rings is 2. The molecule has 1 aliphatic heterocycles. The van der Waals surface area contributed by atoms with Crippen LogP contribution in [0.15, 0.2) is 42.5 Å². The topological polar surface area (TPSA) is 47.6 Å². The standard InChI is InChI=1S/C16H14FNO3/c17-13-4-1-11(2-5-13)7-8-18-16(19)12-3-6-14-15(9-12)21-10-20-14/h1-6,9H,7-8,10H2,(H,18,19). The second-order valence-corrected chi connectivity index (χ2v) is 4.70. The molecule has 1 amide bonds. The van der Waals surface area contributed by atoms with Crippen LogP contribution in [-0.2, 0) is 6.42 Å². The molecular formula is C16H14FNO3. The number of ether oxygens (including phenoxy) is 2. The second-order valence-electron chi connectivity index (χ2n) is 4.70. The van der Waals surface area contributed by atoms with Crippen LogP contribution < -0.4 is 14.8 Å². The minimum absolute atomic E-state index is 0.171. The van der Waals surface area contributed by atoms with E-state index in [9.17, 15) is 9.18 Å². The quantitative estimate of drug-likeness (QED) is 0.940. The second kappa shape index (κ2) is 5.83. The first-order chi connectivity index (χ1) is 10.2. The number of hydrogen-bond acceptors (Lipinski definition) is 3. The molecule has 2 aromatic carbocycles. The van der Waals surface area contributed by atoms with Gasteiger partial charge in [0.05, 0.1) is 0 Å². The van der Waals surface area contributed by atoms with Crippen LogP contribution in [0.4, 0.5) is 4.39 Å². The molecule has 0 radical (unpaired) electrons. The lowest BCUT2D eigenvalue weighted by Crippen LogP contribution is -2.25. The third-order valence-electron chi connectivity index (χ3n) is 3.25. The molecule has 1 heterocycles. The van der Waals surface area contributed by atoms with Crippen LogP contribution in [0.5, 0.6) is 11.5 Å². The van der Waals surface area contributed by atoms with E-state index in [-0.39, 0.29) is 18.5 Å². The van der Waals surface area contributed by atoms with E-state index in [0.717, 1.165) is 5.56 Å². The molecule has 21 heavy (non-hydrogen) atoms. The Hall–Kier alpha value is -2.56. The fourth-order valence-electron chi connectivity index (χ4n) is 2.11. The van der Waals surface area contributed by atoms with Gasteiger partial charge in [0.15, 0.2) is 11.5 Å². The lowest BCUT2D eigenvalue weighted by Gasteiger charge is -2.06. The molecule has 0 unspecified atom stereocenters. The molecule has 0 bridgehead atoms. The molecular weight excluding hydrogens is 273 g/mol. The summed E-state index contributed by atoms with van der Waals surface area (Å²) in [4.78, 5) is 12.0. The van der Waals surface area contributed by atoms with E-state index in [1.807, 2.05) is 0 Å². The Labute approximate surface area is 121 Å². The van der Waals surface area contributed by atoms with Crippen molar-refractivity contribution in [2.75, 3.05) is 13.3 Å². The van der Waals surface area contributed by atoms with Gasteiger partial charge in [0.25, 0.3) is 5.91 Å². The van der Waals surface area contributed by atoms with Crippen molar-refractivity contribution >= 4 is 5.91 Å². The molecule has 0 fully saturated rings. The number of halogens is 1. The Bertz CT molecular complexity index is 655. The highest BCUT2D eigenvalue weighted by Crippen LogP contribution is 2.32. The van der Waals surface area contributed by atoms with Gasteiger partial charge < -0.3 is 14.8 Å². The number of hydrogen-bond donors (Lipinski definition) is 1. The van der Waals surface area contributed by atoms with Gasteiger partial charge in [-0.15, -0.1) is 0 Å². The summed E-state index contributed by atoms with van der Waals surface area (Å²) >= 11 is 0. The highest BCUT2D eigenvalue weighted by atomic mass is 19.1. The predicted molar refractivity (Wildman–Crippen MR) is 75.0 cm³/mol. The van der Waals surface area contributed by atoms with Gasteiger partial charge in [0.1, 0.15) is 5.82 Å². The Morgan fingerprint density at radius 3 is 2.67 bits per heavy atom. The van der Waals surface area contributed by atoms with Crippen molar-refractivity contribution in [3.8, 4) is 11.5 Å². The number of carbonyl (C=O) groups is 1. The highest BCUT2D eigenvalue weighted by molar-refractivity contribution is 5.94. The maximum absolute atomic E-state index is 12.8. The number of fused-ring (bicyclic) bond motifs is 1. The fourth-order valence-corrected chi connectivity index (χ4v) is 2.11. The van der Waals surface area contributed by atoms with Crippen molar-refractivity contribution in [1.82, 2.24) is 5.32 Å². The molecule has 3 rings (SSSR count). The van der Waals surface area contributed by atoms with Crippen LogP contribution in [0, 0.1) is 5.82 Å². The molecule has 0 spiro atoms. The minimum atomic E-state index is -0.261. The summed E-state index contributed by atoms with van der Waals surface area (Å²) in [6.07, 6.45) is 0.649. The summed E-state index contributed by atoms with van der Waals surface area (Å²) in [6, 6.07) is 11.3. The van der Waals surface area contributed by atoms with Crippen LogP contribution in [0.3, 0.4) is 0 Å². The van der Waals surface area contributed by atoms with Crippen molar-refractivity contribution in [2.24, 2.45) is 0 Å². The summed E-state index contributed by atoms with van der Waals surface area (Å²) in [7, 11) is 0. The first-order valence-corrected chi connectivity index (χ1v) is 6.65. The van der Waals surface area contributed by atoms with Crippen molar-refractivity contribution < 1.29 is 18.7 Å². The van der Waals surface area contributed by atoms with Crippen molar-refractivity contribution in [1.29, 1.82) is 0 Å². The Morgan fingerprint density at radius 1 is 1.10 bits per heavy atom. The van der Waals surface area contributed by atoms with Gasteiger partial charge in [-0.3, -0.25) is 4.79 Å². The normalized spacial score (nSPS) is 12.2. The number of rotatable bonds is 4. The first kappa shape index (κ1) is 13.4. The van der Waals surface area contributed by atoms with Crippen molar-refractivity contribution in [3.05, 3.63) is 59.4 Å². The molecule has 0 saturated carbocycles. The van der Waals surface area contributed by atoms with E-state index >= 15 is 0 Å². The zero-order valence-corrected chi connectivity index (χ0v) is 11.3. The summed E-state index contributed by atoms with van der Waals surface area (Å²) in [5.74, 6) is 0.803.